The Balaban J connectivity index is 1.54. The van der Waals surface area contributed by atoms with Gasteiger partial charge in [-0.3, -0.25) is 0 Å². The molecule has 0 saturated heterocycles. The molecule has 0 spiro atoms. The third-order valence-electron chi connectivity index (χ3n) is 4.50. The number of nitrogens with zero attached hydrogens (tertiary/aromatic N) is 5. The summed E-state index contributed by atoms with van der Waals surface area (Å²) in [5, 5.41) is 7.78. The van der Waals surface area contributed by atoms with Gasteiger partial charge in [-0.05, 0) is 19.1 Å². The number of fused-ring (bicyclic) bond motifs is 2. The molecular weight excluding hydrogens is 338 g/mol. The number of aromatic nitrogens is 6. The van der Waals surface area contributed by atoms with Gasteiger partial charge in [-0.25, -0.2) is 9.97 Å². The fourth-order valence-corrected chi connectivity index (χ4v) is 3.14. The number of hydrogen-bond donors (Lipinski definition) is 2. The molecular formula is C20H17N7. The zero-order chi connectivity index (χ0) is 18.2. The molecule has 0 fully saturated rings. The molecule has 3 aromatic heterocycles. The summed E-state index contributed by atoms with van der Waals surface area (Å²) in [5.74, 6) is 2.22. The minimum absolute atomic E-state index is 0.0455. The third kappa shape index (κ3) is 2.79. The number of aromatic amines is 1. The number of anilines is 1. The van der Waals surface area contributed by atoms with E-state index in [2.05, 4.69) is 37.3 Å². The van der Waals surface area contributed by atoms with Gasteiger partial charge in [0.15, 0.2) is 0 Å². The Morgan fingerprint density at radius 1 is 1.00 bits per heavy atom. The van der Waals surface area contributed by atoms with E-state index in [1.54, 1.807) is 4.52 Å². The molecule has 7 heteroatoms. The Hall–Kier alpha value is -3.74. The van der Waals surface area contributed by atoms with Crippen molar-refractivity contribution in [3.63, 3.8) is 0 Å². The minimum atomic E-state index is -0.0455. The average Bonchev–Trinajstić information content (AvgIpc) is 3.35. The highest BCUT2D eigenvalue weighted by atomic mass is 15.4. The van der Waals surface area contributed by atoms with E-state index in [4.69, 9.17) is 0 Å². The molecule has 3 heterocycles. The third-order valence-corrected chi connectivity index (χ3v) is 4.50. The summed E-state index contributed by atoms with van der Waals surface area (Å²) < 4.78 is 1.70. The molecule has 0 bridgehead atoms. The van der Waals surface area contributed by atoms with Crippen LogP contribution in [0, 0.1) is 0 Å². The van der Waals surface area contributed by atoms with Crippen molar-refractivity contribution in [1.29, 1.82) is 0 Å². The molecule has 0 aliphatic heterocycles. The van der Waals surface area contributed by atoms with Gasteiger partial charge in [-0.15, -0.1) is 0 Å². The first-order valence-corrected chi connectivity index (χ1v) is 8.75. The van der Waals surface area contributed by atoms with Crippen molar-refractivity contribution in [1.82, 2.24) is 29.5 Å². The second kappa shape index (κ2) is 6.21. The van der Waals surface area contributed by atoms with Crippen LogP contribution in [0.4, 0.5) is 5.82 Å². The molecule has 5 rings (SSSR count). The van der Waals surface area contributed by atoms with E-state index in [-0.39, 0.29) is 6.04 Å². The van der Waals surface area contributed by atoms with Crippen molar-refractivity contribution >= 4 is 22.6 Å². The first-order valence-electron chi connectivity index (χ1n) is 8.75. The van der Waals surface area contributed by atoms with Crippen LogP contribution in [0.1, 0.15) is 18.8 Å². The van der Waals surface area contributed by atoms with Gasteiger partial charge in [0.05, 0.1) is 22.8 Å². The first kappa shape index (κ1) is 15.5. The molecule has 0 amide bonds. The second-order valence-electron chi connectivity index (χ2n) is 6.37. The maximum Gasteiger partial charge on any atom is 0.254 e. The molecule has 1 unspecified atom stereocenters. The summed E-state index contributed by atoms with van der Waals surface area (Å²) in [6.45, 7) is 2.06. The average molecular weight is 355 g/mol. The first-order chi connectivity index (χ1) is 13.3. The van der Waals surface area contributed by atoms with Crippen LogP contribution in [0.3, 0.4) is 0 Å². The fourth-order valence-electron chi connectivity index (χ4n) is 3.14. The number of para-hydroxylation sites is 2. The van der Waals surface area contributed by atoms with E-state index in [1.807, 2.05) is 60.7 Å². The van der Waals surface area contributed by atoms with Crippen molar-refractivity contribution in [2.75, 3.05) is 5.32 Å². The minimum Gasteiger partial charge on any atom is -0.360 e. The SMILES string of the molecule is CC(Nc1cc(-c2ccccc2)nc2ncnn12)c1nc2ccccc2[nH]1. The van der Waals surface area contributed by atoms with Gasteiger partial charge in [0.2, 0.25) is 0 Å². The molecule has 2 aromatic carbocycles. The summed E-state index contributed by atoms with van der Waals surface area (Å²) in [4.78, 5) is 16.9. The van der Waals surface area contributed by atoms with Crippen LogP contribution in [0.15, 0.2) is 67.0 Å². The van der Waals surface area contributed by atoms with Crippen LogP contribution in [0.25, 0.3) is 28.1 Å². The van der Waals surface area contributed by atoms with Gasteiger partial charge in [0.25, 0.3) is 5.78 Å². The van der Waals surface area contributed by atoms with E-state index in [0.29, 0.717) is 5.78 Å². The van der Waals surface area contributed by atoms with Crippen LogP contribution in [0.2, 0.25) is 0 Å². The highest BCUT2D eigenvalue weighted by Gasteiger charge is 2.15. The van der Waals surface area contributed by atoms with Gasteiger partial charge in [-0.1, -0.05) is 42.5 Å². The molecule has 2 N–H and O–H groups in total. The fraction of sp³-hybridized carbons (Fsp3) is 0.100. The van der Waals surface area contributed by atoms with E-state index in [0.717, 1.165) is 33.9 Å². The van der Waals surface area contributed by atoms with E-state index in [1.165, 1.54) is 6.33 Å². The summed E-state index contributed by atoms with van der Waals surface area (Å²) >= 11 is 0. The molecule has 0 saturated carbocycles. The lowest BCUT2D eigenvalue weighted by molar-refractivity contribution is 0.792. The van der Waals surface area contributed by atoms with Crippen molar-refractivity contribution in [2.24, 2.45) is 0 Å². The van der Waals surface area contributed by atoms with Gasteiger partial charge >= 0.3 is 0 Å². The summed E-state index contributed by atoms with van der Waals surface area (Å²) in [7, 11) is 0. The van der Waals surface area contributed by atoms with Crippen molar-refractivity contribution in [2.45, 2.75) is 13.0 Å². The van der Waals surface area contributed by atoms with Gasteiger partial charge < -0.3 is 10.3 Å². The Kier molecular flexibility index (Phi) is 3.57. The highest BCUT2D eigenvalue weighted by Crippen LogP contribution is 2.24. The van der Waals surface area contributed by atoms with Gasteiger partial charge in [-0.2, -0.15) is 14.6 Å². The monoisotopic (exact) mass is 355 g/mol. The zero-order valence-electron chi connectivity index (χ0n) is 14.7. The largest absolute Gasteiger partial charge is 0.360 e. The van der Waals surface area contributed by atoms with E-state index >= 15 is 0 Å². The summed E-state index contributed by atoms with van der Waals surface area (Å²) in [6, 6.07) is 20.0. The molecule has 0 aliphatic carbocycles. The maximum atomic E-state index is 4.68. The van der Waals surface area contributed by atoms with Crippen molar-refractivity contribution < 1.29 is 0 Å². The van der Waals surface area contributed by atoms with E-state index < -0.39 is 0 Å². The number of rotatable bonds is 4. The molecule has 1 atom stereocenters. The van der Waals surface area contributed by atoms with Crippen molar-refractivity contribution in [3.05, 3.63) is 72.8 Å². The number of hydrogen-bond acceptors (Lipinski definition) is 5. The topological polar surface area (TPSA) is 83.8 Å². The van der Waals surface area contributed by atoms with Gasteiger partial charge in [0, 0.05) is 11.6 Å². The van der Waals surface area contributed by atoms with Crippen molar-refractivity contribution in [3.8, 4) is 11.3 Å². The van der Waals surface area contributed by atoms with Crippen LogP contribution in [-0.2, 0) is 0 Å². The van der Waals surface area contributed by atoms with Crippen LogP contribution in [0.5, 0.6) is 0 Å². The zero-order valence-corrected chi connectivity index (χ0v) is 14.7. The molecule has 0 aliphatic rings. The Labute approximate surface area is 155 Å². The molecule has 27 heavy (non-hydrogen) atoms. The van der Waals surface area contributed by atoms with Crippen LogP contribution in [-0.4, -0.2) is 29.5 Å². The number of H-pyrrole nitrogens is 1. The quantitative estimate of drug-likeness (QED) is 0.512. The maximum absolute atomic E-state index is 4.68. The lowest BCUT2D eigenvalue weighted by atomic mass is 10.1. The molecule has 7 nitrogen and oxygen atoms in total. The highest BCUT2D eigenvalue weighted by molar-refractivity contribution is 5.75. The van der Waals surface area contributed by atoms with Crippen LogP contribution >= 0.6 is 0 Å². The predicted octanol–water partition coefficient (Wildman–Crippen LogP) is 3.84. The smallest absolute Gasteiger partial charge is 0.254 e. The predicted molar refractivity (Wildman–Crippen MR) is 104 cm³/mol. The summed E-state index contributed by atoms with van der Waals surface area (Å²) in [5.41, 5.74) is 3.84. The molecule has 132 valence electrons. The Morgan fingerprint density at radius 3 is 2.67 bits per heavy atom. The Bertz CT molecular complexity index is 1190. The lowest BCUT2D eigenvalue weighted by Gasteiger charge is -2.14. The van der Waals surface area contributed by atoms with Gasteiger partial charge in [0.1, 0.15) is 18.0 Å². The number of benzene rings is 2. The summed E-state index contributed by atoms with van der Waals surface area (Å²) in [6.07, 6.45) is 1.51. The normalized spacial score (nSPS) is 12.5. The second-order valence-corrected chi connectivity index (χ2v) is 6.37. The lowest BCUT2D eigenvalue weighted by Crippen LogP contribution is -2.12. The van der Waals surface area contributed by atoms with Crippen LogP contribution < -0.4 is 5.32 Å². The molecule has 5 aromatic rings. The molecule has 0 radical (unpaired) electrons. The standard InChI is InChI=1S/C20H17N7/c1-13(19-24-15-9-5-6-10-16(15)25-19)23-18-11-17(14-7-3-2-4-8-14)26-20-21-12-22-27(18)20/h2-13,23H,1H3,(H,24,25). The Morgan fingerprint density at radius 2 is 1.81 bits per heavy atom. The number of imidazole rings is 1. The van der Waals surface area contributed by atoms with E-state index in [9.17, 15) is 0 Å². The number of nitrogens with one attached hydrogen (secondary N) is 2.